The summed E-state index contributed by atoms with van der Waals surface area (Å²) in [6, 6.07) is 9.06. The van der Waals surface area contributed by atoms with E-state index in [4.69, 9.17) is 16.3 Å². The molecule has 7 heteroatoms. The van der Waals surface area contributed by atoms with Gasteiger partial charge in [0.25, 0.3) is 0 Å². The second kappa shape index (κ2) is 8.22. The summed E-state index contributed by atoms with van der Waals surface area (Å²) in [5.41, 5.74) is 0.895. The fourth-order valence-corrected chi connectivity index (χ4v) is 3.75. The number of allylic oxidation sites excluding steroid dienone is 1. The van der Waals surface area contributed by atoms with E-state index in [2.05, 4.69) is 11.4 Å². The van der Waals surface area contributed by atoms with Crippen molar-refractivity contribution in [1.29, 1.82) is 5.26 Å². The van der Waals surface area contributed by atoms with Crippen molar-refractivity contribution >= 4 is 35.2 Å². The number of hydrogen-bond donors (Lipinski definition) is 1. The van der Waals surface area contributed by atoms with Gasteiger partial charge < -0.3 is 10.1 Å². The molecule has 0 aromatic heterocycles. The van der Waals surface area contributed by atoms with E-state index in [1.807, 2.05) is 6.92 Å². The van der Waals surface area contributed by atoms with Crippen molar-refractivity contribution in [2.45, 2.75) is 19.3 Å². The molecule has 0 bridgehead atoms. The Labute approximate surface area is 150 Å². The van der Waals surface area contributed by atoms with Crippen LogP contribution < -0.4 is 5.32 Å². The zero-order valence-corrected chi connectivity index (χ0v) is 14.9. The van der Waals surface area contributed by atoms with Gasteiger partial charge in [-0.3, -0.25) is 9.59 Å². The van der Waals surface area contributed by atoms with Gasteiger partial charge in [-0.15, -0.1) is 11.8 Å². The van der Waals surface area contributed by atoms with Crippen molar-refractivity contribution in [1.82, 2.24) is 5.32 Å². The molecule has 126 valence electrons. The SMILES string of the molecule is CCCSC1=C(C#N)[C@H](c2ccccc2Cl)[C@H](C(=O)OC)C(=O)N1. The first kappa shape index (κ1) is 18.4. The van der Waals surface area contributed by atoms with Crippen LogP contribution >= 0.6 is 23.4 Å². The van der Waals surface area contributed by atoms with Crippen LogP contribution in [0.4, 0.5) is 0 Å². The van der Waals surface area contributed by atoms with Gasteiger partial charge in [0.1, 0.15) is 5.92 Å². The molecule has 1 heterocycles. The lowest BCUT2D eigenvalue weighted by molar-refractivity contribution is -0.150. The molecule has 0 saturated heterocycles. The molecule has 0 spiro atoms. The number of benzene rings is 1. The first-order valence-corrected chi connectivity index (χ1v) is 8.81. The Morgan fingerprint density at radius 2 is 2.17 bits per heavy atom. The third kappa shape index (κ3) is 3.58. The molecular weight excluding hydrogens is 348 g/mol. The number of ether oxygens (including phenoxy) is 1. The van der Waals surface area contributed by atoms with E-state index in [1.165, 1.54) is 18.9 Å². The third-order valence-corrected chi connectivity index (χ3v) is 5.24. The Kier molecular flexibility index (Phi) is 6.29. The van der Waals surface area contributed by atoms with Gasteiger partial charge in [-0.25, -0.2) is 0 Å². The maximum Gasteiger partial charge on any atom is 0.319 e. The van der Waals surface area contributed by atoms with Gasteiger partial charge in [0.05, 0.1) is 23.8 Å². The second-order valence-corrected chi connectivity index (χ2v) is 6.70. The predicted octanol–water partition coefficient (Wildman–Crippen LogP) is 3.22. The summed E-state index contributed by atoms with van der Waals surface area (Å²) in [5.74, 6) is -2.33. The van der Waals surface area contributed by atoms with Gasteiger partial charge in [0.2, 0.25) is 5.91 Å². The van der Waals surface area contributed by atoms with Crippen molar-refractivity contribution in [3.05, 3.63) is 45.5 Å². The summed E-state index contributed by atoms with van der Waals surface area (Å²) in [6.45, 7) is 2.01. The highest BCUT2D eigenvalue weighted by Crippen LogP contribution is 2.42. The summed E-state index contributed by atoms with van der Waals surface area (Å²) in [4.78, 5) is 24.7. The summed E-state index contributed by atoms with van der Waals surface area (Å²) in [5, 5.41) is 13.2. The number of nitrogens with one attached hydrogen (secondary N) is 1. The number of amides is 1. The first-order valence-electron chi connectivity index (χ1n) is 7.45. The molecule has 1 N–H and O–H groups in total. The fourth-order valence-electron chi connectivity index (χ4n) is 2.59. The second-order valence-electron chi connectivity index (χ2n) is 5.19. The monoisotopic (exact) mass is 364 g/mol. The number of nitrogens with zero attached hydrogens (tertiary/aromatic N) is 1. The molecule has 0 saturated carbocycles. The van der Waals surface area contributed by atoms with Gasteiger partial charge >= 0.3 is 5.97 Å². The number of esters is 1. The lowest BCUT2D eigenvalue weighted by Gasteiger charge is -2.31. The fraction of sp³-hybridized carbons (Fsp3) is 0.353. The van der Waals surface area contributed by atoms with E-state index in [-0.39, 0.29) is 0 Å². The van der Waals surface area contributed by atoms with Crippen molar-refractivity contribution in [2.24, 2.45) is 5.92 Å². The number of halogens is 1. The van der Waals surface area contributed by atoms with Crippen LogP contribution in [0.5, 0.6) is 0 Å². The van der Waals surface area contributed by atoms with Crippen LogP contribution in [-0.4, -0.2) is 24.7 Å². The molecule has 1 aliphatic heterocycles. The minimum Gasteiger partial charge on any atom is -0.468 e. The van der Waals surface area contributed by atoms with Crippen molar-refractivity contribution in [2.75, 3.05) is 12.9 Å². The molecule has 0 radical (unpaired) electrons. The molecule has 5 nitrogen and oxygen atoms in total. The molecule has 2 atom stereocenters. The zero-order valence-electron chi connectivity index (χ0n) is 13.3. The molecule has 1 aliphatic rings. The Bertz CT molecular complexity index is 727. The molecule has 1 aromatic carbocycles. The normalized spacial score (nSPS) is 20.3. The minimum absolute atomic E-state index is 0.330. The number of thioether (sulfide) groups is 1. The van der Waals surface area contributed by atoms with E-state index in [0.29, 0.717) is 21.2 Å². The smallest absolute Gasteiger partial charge is 0.319 e. The first-order chi connectivity index (χ1) is 11.5. The van der Waals surface area contributed by atoms with E-state index in [1.54, 1.807) is 24.3 Å². The van der Waals surface area contributed by atoms with Crippen molar-refractivity contribution in [3.63, 3.8) is 0 Å². The Hall–Kier alpha value is -1.97. The number of nitriles is 1. The van der Waals surface area contributed by atoms with Crippen LogP contribution in [0.25, 0.3) is 0 Å². The number of methoxy groups -OCH3 is 1. The van der Waals surface area contributed by atoms with Gasteiger partial charge in [-0.05, 0) is 23.8 Å². The lowest BCUT2D eigenvalue weighted by Crippen LogP contribution is -2.44. The molecule has 2 rings (SSSR count). The van der Waals surface area contributed by atoms with Gasteiger partial charge in [0, 0.05) is 10.9 Å². The topological polar surface area (TPSA) is 79.2 Å². The van der Waals surface area contributed by atoms with Gasteiger partial charge in [-0.2, -0.15) is 5.26 Å². The van der Waals surface area contributed by atoms with Crippen LogP contribution in [0.15, 0.2) is 34.9 Å². The molecule has 0 fully saturated rings. The third-order valence-electron chi connectivity index (χ3n) is 3.67. The predicted molar refractivity (Wildman–Crippen MR) is 93.2 cm³/mol. The lowest BCUT2D eigenvalue weighted by atomic mass is 9.78. The maximum atomic E-state index is 12.5. The summed E-state index contributed by atoms with van der Waals surface area (Å²) in [7, 11) is 1.22. The Balaban J connectivity index is 2.63. The highest BCUT2D eigenvalue weighted by atomic mass is 35.5. The summed E-state index contributed by atoms with van der Waals surface area (Å²) in [6.07, 6.45) is 0.889. The van der Waals surface area contributed by atoms with Crippen LogP contribution in [0.3, 0.4) is 0 Å². The molecular formula is C17H17ClN2O3S. The average Bonchev–Trinajstić information content (AvgIpc) is 2.59. The molecule has 1 amide bonds. The summed E-state index contributed by atoms with van der Waals surface area (Å²) >= 11 is 7.66. The molecule has 1 aromatic rings. The van der Waals surface area contributed by atoms with Gasteiger partial charge in [0.15, 0.2) is 0 Å². The van der Waals surface area contributed by atoms with E-state index in [9.17, 15) is 14.9 Å². The van der Waals surface area contributed by atoms with Crippen molar-refractivity contribution in [3.8, 4) is 6.07 Å². The number of hydrogen-bond acceptors (Lipinski definition) is 5. The average molecular weight is 365 g/mol. The maximum absolute atomic E-state index is 12.5. The number of rotatable bonds is 5. The molecule has 24 heavy (non-hydrogen) atoms. The van der Waals surface area contributed by atoms with Gasteiger partial charge in [-0.1, -0.05) is 36.7 Å². The van der Waals surface area contributed by atoms with E-state index in [0.717, 1.165) is 12.2 Å². The molecule has 0 unspecified atom stereocenters. The van der Waals surface area contributed by atoms with E-state index >= 15 is 0 Å². The van der Waals surface area contributed by atoms with Crippen molar-refractivity contribution < 1.29 is 14.3 Å². The van der Waals surface area contributed by atoms with Crippen LogP contribution in [0.2, 0.25) is 5.02 Å². The number of carbonyl (C=O) groups is 2. The summed E-state index contributed by atoms with van der Waals surface area (Å²) < 4.78 is 4.78. The Morgan fingerprint density at radius 3 is 2.75 bits per heavy atom. The highest BCUT2D eigenvalue weighted by Gasteiger charge is 2.44. The van der Waals surface area contributed by atoms with E-state index < -0.39 is 23.7 Å². The van der Waals surface area contributed by atoms with Crippen LogP contribution in [0.1, 0.15) is 24.8 Å². The molecule has 0 aliphatic carbocycles. The zero-order chi connectivity index (χ0) is 17.7. The minimum atomic E-state index is -1.14. The van der Waals surface area contributed by atoms with Crippen LogP contribution in [0, 0.1) is 17.2 Å². The standard InChI is InChI=1S/C17H17ClN2O3S/c1-3-8-24-16-11(9-19)13(10-6-4-5-7-12(10)18)14(15(21)20-16)17(22)23-2/h4-7,13-14H,3,8H2,1-2H3,(H,20,21)/t13-,14-/m0/s1. The van der Waals surface area contributed by atoms with Crippen LogP contribution in [-0.2, 0) is 14.3 Å². The largest absolute Gasteiger partial charge is 0.468 e. The number of carbonyl (C=O) groups excluding carboxylic acids is 2. The highest BCUT2D eigenvalue weighted by molar-refractivity contribution is 8.03. The Morgan fingerprint density at radius 1 is 1.46 bits per heavy atom. The quantitative estimate of drug-likeness (QED) is 0.641.